The van der Waals surface area contributed by atoms with Crippen LogP contribution in [0.3, 0.4) is 0 Å². The molecule has 2 rings (SSSR count). The topological polar surface area (TPSA) is 76.4 Å². The number of carbonyl (C=O) groups is 1. The first-order valence-corrected chi connectivity index (χ1v) is 8.27. The lowest BCUT2D eigenvalue weighted by atomic mass is 10.1. The van der Waals surface area contributed by atoms with Crippen molar-refractivity contribution in [2.24, 2.45) is 0 Å². The number of carboxylic acid groups (broad SMARTS) is 1. The summed E-state index contributed by atoms with van der Waals surface area (Å²) in [6.45, 7) is 4.21. The Bertz CT molecular complexity index is 787. The third kappa shape index (κ3) is 2.70. The van der Waals surface area contributed by atoms with Crippen LogP contribution in [-0.4, -0.2) is 36.1 Å². The summed E-state index contributed by atoms with van der Waals surface area (Å²) in [4.78, 5) is 11.0. The van der Waals surface area contributed by atoms with Crippen molar-refractivity contribution in [2.45, 2.75) is 20.4 Å². The lowest BCUT2D eigenvalue weighted by Gasteiger charge is -2.07. The monoisotopic (exact) mass is 295 g/mol. The van der Waals surface area contributed by atoms with Gasteiger partial charge in [0.2, 0.25) is 0 Å². The summed E-state index contributed by atoms with van der Waals surface area (Å²) < 4.78 is 24.6. The molecule has 0 aliphatic carbocycles. The van der Waals surface area contributed by atoms with E-state index in [1.54, 1.807) is 18.2 Å². The van der Waals surface area contributed by atoms with Gasteiger partial charge in [0.25, 0.3) is 0 Å². The minimum Gasteiger partial charge on any atom is -0.478 e. The van der Waals surface area contributed by atoms with Crippen molar-refractivity contribution in [3.05, 3.63) is 35.0 Å². The number of aromatic carboxylic acids is 1. The molecule has 6 heteroatoms. The first-order valence-electron chi connectivity index (χ1n) is 6.21. The Balaban J connectivity index is 2.56. The fourth-order valence-corrected chi connectivity index (χ4v) is 2.84. The number of aromatic nitrogens is 1. The van der Waals surface area contributed by atoms with E-state index in [-0.39, 0.29) is 11.3 Å². The molecule has 0 bridgehead atoms. The van der Waals surface area contributed by atoms with Crippen LogP contribution in [0.1, 0.15) is 21.6 Å². The van der Waals surface area contributed by atoms with Crippen LogP contribution in [0.15, 0.2) is 18.2 Å². The molecule has 0 fully saturated rings. The number of fused-ring (bicyclic) bond motifs is 1. The third-order valence-corrected chi connectivity index (χ3v) is 4.50. The Labute approximate surface area is 117 Å². The van der Waals surface area contributed by atoms with Crippen LogP contribution in [0.25, 0.3) is 10.9 Å². The number of rotatable bonds is 4. The van der Waals surface area contributed by atoms with Gasteiger partial charge in [0.05, 0.1) is 11.3 Å². The molecular formula is C14H17NO4S. The minimum atomic E-state index is -3.04. The van der Waals surface area contributed by atoms with Gasteiger partial charge in [-0.15, -0.1) is 0 Å². The average Bonchev–Trinajstić information content (AvgIpc) is 2.58. The fourth-order valence-electron chi connectivity index (χ4n) is 2.33. The average molecular weight is 295 g/mol. The highest BCUT2D eigenvalue weighted by atomic mass is 32.2. The van der Waals surface area contributed by atoms with E-state index in [1.165, 1.54) is 6.26 Å². The summed E-state index contributed by atoms with van der Waals surface area (Å²) in [5.74, 6) is -0.898. The number of benzene rings is 1. The van der Waals surface area contributed by atoms with Crippen molar-refractivity contribution in [3.8, 4) is 0 Å². The predicted octanol–water partition coefficient (Wildman–Crippen LogP) is 2.00. The maximum absolute atomic E-state index is 11.3. The molecule has 0 atom stereocenters. The molecule has 0 amide bonds. The molecule has 0 saturated carbocycles. The van der Waals surface area contributed by atoms with E-state index >= 15 is 0 Å². The van der Waals surface area contributed by atoms with Gasteiger partial charge in [-0.25, -0.2) is 13.2 Å². The summed E-state index contributed by atoms with van der Waals surface area (Å²) in [5, 5.41) is 9.89. The fraction of sp³-hybridized carbons (Fsp3) is 0.357. The van der Waals surface area contributed by atoms with E-state index in [4.69, 9.17) is 5.11 Å². The molecule has 0 radical (unpaired) electrons. The summed E-state index contributed by atoms with van der Waals surface area (Å²) in [5.41, 5.74) is 3.05. The zero-order valence-corrected chi connectivity index (χ0v) is 12.5. The van der Waals surface area contributed by atoms with Gasteiger partial charge in [-0.2, -0.15) is 0 Å². The summed E-state index contributed by atoms with van der Waals surface area (Å²) in [7, 11) is -3.04. The highest BCUT2D eigenvalue weighted by Crippen LogP contribution is 2.26. The lowest BCUT2D eigenvalue weighted by molar-refractivity contribution is 0.0697. The van der Waals surface area contributed by atoms with E-state index in [0.717, 1.165) is 22.2 Å². The van der Waals surface area contributed by atoms with Crippen molar-refractivity contribution in [1.29, 1.82) is 0 Å². The van der Waals surface area contributed by atoms with E-state index < -0.39 is 15.8 Å². The molecule has 1 aromatic carbocycles. The third-order valence-electron chi connectivity index (χ3n) is 3.57. The summed E-state index contributed by atoms with van der Waals surface area (Å²) in [6, 6.07) is 4.92. The van der Waals surface area contributed by atoms with Crippen molar-refractivity contribution >= 4 is 26.7 Å². The second-order valence-corrected chi connectivity index (χ2v) is 7.29. The van der Waals surface area contributed by atoms with E-state index in [1.807, 2.05) is 18.4 Å². The highest BCUT2D eigenvalue weighted by molar-refractivity contribution is 7.90. The highest BCUT2D eigenvalue weighted by Gasteiger charge is 2.14. The second kappa shape index (κ2) is 4.94. The standard InChI is InChI=1S/C14H17NO4S/c1-9-10(2)15(6-7-20(3,18)19)13-5-4-11(14(16)17)8-12(9)13/h4-5,8H,6-7H2,1-3H3,(H,16,17). The molecule has 0 aliphatic heterocycles. The van der Waals surface area contributed by atoms with Crippen LogP contribution in [0, 0.1) is 13.8 Å². The van der Waals surface area contributed by atoms with Gasteiger partial charge in [0.1, 0.15) is 9.84 Å². The van der Waals surface area contributed by atoms with Gasteiger partial charge in [0.15, 0.2) is 0 Å². The second-order valence-electron chi connectivity index (χ2n) is 5.03. The maximum Gasteiger partial charge on any atom is 0.335 e. The van der Waals surface area contributed by atoms with Crippen molar-refractivity contribution in [1.82, 2.24) is 4.57 Å². The largest absolute Gasteiger partial charge is 0.478 e. The Morgan fingerprint density at radius 1 is 1.30 bits per heavy atom. The molecule has 5 nitrogen and oxygen atoms in total. The normalized spacial score (nSPS) is 11.9. The quantitative estimate of drug-likeness (QED) is 0.936. The van der Waals surface area contributed by atoms with Gasteiger partial charge in [-0.05, 0) is 37.6 Å². The van der Waals surface area contributed by atoms with Crippen LogP contribution in [0.5, 0.6) is 0 Å². The van der Waals surface area contributed by atoms with Gasteiger partial charge in [-0.1, -0.05) is 0 Å². The first kappa shape index (κ1) is 14.6. The molecule has 1 heterocycles. The Hall–Kier alpha value is -1.82. The van der Waals surface area contributed by atoms with Gasteiger partial charge in [-0.3, -0.25) is 0 Å². The Morgan fingerprint density at radius 2 is 1.95 bits per heavy atom. The number of aryl methyl sites for hydroxylation is 2. The minimum absolute atomic E-state index is 0.0672. The van der Waals surface area contributed by atoms with Gasteiger partial charge < -0.3 is 9.67 Å². The van der Waals surface area contributed by atoms with Crippen molar-refractivity contribution in [2.75, 3.05) is 12.0 Å². The van der Waals surface area contributed by atoms with Crippen LogP contribution < -0.4 is 0 Å². The van der Waals surface area contributed by atoms with Crippen LogP contribution in [-0.2, 0) is 16.4 Å². The maximum atomic E-state index is 11.3. The molecule has 1 aromatic heterocycles. The molecule has 0 unspecified atom stereocenters. The van der Waals surface area contributed by atoms with E-state index in [0.29, 0.717) is 6.54 Å². The van der Waals surface area contributed by atoms with Crippen LogP contribution >= 0.6 is 0 Å². The molecule has 20 heavy (non-hydrogen) atoms. The number of hydrogen-bond acceptors (Lipinski definition) is 3. The molecular weight excluding hydrogens is 278 g/mol. The van der Waals surface area contributed by atoms with E-state index in [9.17, 15) is 13.2 Å². The van der Waals surface area contributed by atoms with Crippen molar-refractivity contribution < 1.29 is 18.3 Å². The SMILES string of the molecule is Cc1c(C)n(CCS(C)(=O)=O)c2ccc(C(=O)O)cc12. The number of sulfone groups is 1. The molecule has 0 spiro atoms. The van der Waals surface area contributed by atoms with E-state index in [2.05, 4.69) is 0 Å². The smallest absolute Gasteiger partial charge is 0.335 e. The van der Waals surface area contributed by atoms with Gasteiger partial charge in [0, 0.05) is 29.4 Å². The Kier molecular flexibility index (Phi) is 3.60. The number of nitrogens with zero attached hydrogens (tertiary/aromatic N) is 1. The molecule has 0 aliphatic rings. The van der Waals surface area contributed by atoms with Gasteiger partial charge >= 0.3 is 5.97 Å². The summed E-state index contributed by atoms with van der Waals surface area (Å²) in [6.07, 6.45) is 1.21. The first-order chi connectivity index (χ1) is 9.20. The number of carboxylic acids is 1. The molecule has 0 saturated heterocycles. The predicted molar refractivity (Wildman–Crippen MR) is 78.1 cm³/mol. The van der Waals surface area contributed by atoms with Crippen LogP contribution in [0.2, 0.25) is 0 Å². The molecule has 108 valence electrons. The zero-order valence-electron chi connectivity index (χ0n) is 11.7. The molecule has 2 aromatic rings. The molecule has 1 N–H and O–H groups in total. The summed E-state index contributed by atoms with van der Waals surface area (Å²) >= 11 is 0. The Morgan fingerprint density at radius 3 is 2.50 bits per heavy atom. The zero-order chi connectivity index (χ0) is 15.1. The van der Waals surface area contributed by atoms with Crippen LogP contribution in [0.4, 0.5) is 0 Å². The van der Waals surface area contributed by atoms with Crippen molar-refractivity contribution in [3.63, 3.8) is 0 Å². The number of hydrogen-bond donors (Lipinski definition) is 1. The lowest BCUT2D eigenvalue weighted by Crippen LogP contribution is -2.12.